The van der Waals surface area contributed by atoms with Gasteiger partial charge >= 0.3 is 118 Å². The zero-order valence-corrected chi connectivity index (χ0v) is 13.2. The molecule has 2 heteroatoms. The van der Waals surface area contributed by atoms with Crippen LogP contribution in [0.2, 0.25) is 0 Å². The fourth-order valence-corrected chi connectivity index (χ4v) is 5.59. The van der Waals surface area contributed by atoms with Crippen molar-refractivity contribution < 1.29 is 0 Å². The Bertz CT molecular complexity index is 445. The van der Waals surface area contributed by atoms with Gasteiger partial charge in [0.15, 0.2) is 0 Å². The van der Waals surface area contributed by atoms with Crippen LogP contribution in [0.3, 0.4) is 0 Å². The van der Waals surface area contributed by atoms with Gasteiger partial charge in [-0.2, -0.15) is 0 Å². The van der Waals surface area contributed by atoms with Crippen LogP contribution < -0.4 is 0 Å². The predicted molar refractivity (Wildman–Crippen MR) is 80.1 cm³/mol. The summed E-state index contributed by atoms with van der Waals surface area (Å²) >= 11 is 3.06. The van der Waals surface area contributed by atoms with E-state index in [1.54, 1.807) is 8.87 Å². The molecule has 0 aliphatic heterocycles. The van der Waals surface area contributed by atoms with E-state index >= 15 is 0 Å². The van der Waals surface area contributed by atoms with E-state index in [-0.39, 0.29) is 0 Å². The molecule has 0 saturated carbocycles. The van der Waals surface area contributed by atoms with Crippen LogP contribution in [0.15, 0.2) is 36.4 Å². The zero-order chi connectivity index (χ0) is 11.4. The number of rotatable bonds is 4. The molecular weight excluding hydrogens is 374 g/mol. The molecule has 1 heterocycles. The fraction of sp³-hybridized carbons (Fsp3) is 0.286. The molecule has 0 N–H and O–H groups in total. The van der Waals surface area contributed by atoms with Crippen LogP contribution in [0.1, 0.15) is 24.2 Å². The maximum absolute atomic E-state index is 2.49. The van der Waals surface area contributed by atoms with E-state index in [9.17, 15) is 0 Å². The third kappa shape index (κ3) is 2.99. The van der Waals surface area contributed by atoms with Gasteiger partial charge in [-0.05, 0) is 0 Å². The maximum atomic E-state index is 2.49. The Kier molecular flexibility index (Phi) is 4.68. The summed E-state index contributed by atoms with van der Waals surface area (Å²) in [6.45, 7) is 2.26. The fourth-order valence-electron chi connectivity index (χ4n) is 1.66. The first kappa shape index (κ1) is 12.4. The molecule has 0 spiro atoms. The molecule has 0 aliphatic rings. The Morgan fingerprint density at radius 2 is 1.94 bits per heavy atom. The van der Waals surface area contributed by atoms with Crippen molar-refractivity contribution in [3.63, 3.8) is 0 Å². The summed E-state index contributed by atoms with van der Waals surface area (Å²) < 4.78 is 4.72. The minimum atomic E-state index is 0.563. The molecule has 1 aromatic heterocycles. The van der Waals surface area contributed by atoms with Crippen molar-refractivity contribution in [1.82, 2.24) is 0 Å². The monoisotopic (exact) mass is 390 g/mol. The van der Waals surface area contributed by atoms with Crippen LogP contribution >= 0.6 is 22.6 Å². The van der Waals surface area contributed by atoms with Gasteiger partial charge in [-0.15, -0.1) is 0 Å². The summed E-state index contributed by atoms with van der Waals surface area (Å²) in [4.78, 5) is 0. The van der Waals surface area contributed by atoms with Crippen LogP contribution in [0.25, 0.3) is 10.0 Å². The number of halogens is 1. The molecule has 0 saturated heterocycles. The molecule has 84 valence electrons. The molecule has 0 bridgehead atoms. The van der Waals surface area contributed by atoms with E-state index in [4.69, 9.17) is 0 Å². The molecule has 2 aromatic rings. The number of aryl methyl sites for hydroxylation is 1. The van der Waals surface area contributed by atoms with Crippen molar-refractivity contribution in [3.8, 4) is 10.0 Å². The third-order valence-electron chi connectivity index (χ3n) is 2.57. The van der Waals surface area contributed by atoms with Crippen LogP contribution in [0, 0.1) is 3.57 Å². The Morgan fingerprint density at radius 1 is 1.19 bits per heavy atom. The Labute approximate surface area is 117 Å². The van der Waals surface area contributed by atoms with E-state index in [0.29, 0.717) is 14.5 Å². The topological polar surface area (TPSA) is 0 Å². The first-order chi connectivity index (χ1) is 7.81. The van der Waals surface area contributed by atoms with E-state index in [1.807, 2.05) is 0 Å². The first-order valence-corrected chi connectivity index (χ1v) is 8.44. The molecule has 0 atom stereocenters. The molecule has 0 unspecified atom stereocenters. The van der Waals surface area contributed by atoms with E-state index in [2.05, 4.69) is 65.9 Å². The Hall–Kier alpha value is -0.0505. The Morgan fingerprint density at radius 3 is 2.62 bits per heavy atom. The summed E-state index contributed by atoms with van der Waals surface area (Å²) in [5.41, 5.74) is 1.41. The first-order valence-electron chi connectivity index (χ1n) is 5.65. The minimum absolute atomic E-state index is 0.563. The summed E-state index contributed by atoms with van der Waals surface area (Å²) in [6, 6.07) is 13.2. The number of hydrogen-bond acceptors (Lipinski definition) is 0. The standard InChI is InChI=1S/C14H15ISe/c1-2-3-9-13-12(15)10-14(16-13)11-7-5-4-6-8-11/h4-8,10H,2-3,9H2,1H3. The summed E-state index contributed by atoms with van der Waals surface area (Å²) in [5, 5.41) is 0. The predicted octanol–water partition coefficient (Wildman–Crippen LogP) is 4.36. The molecule has 0 amide bonds. The van der Waals surface area contributed by atoms with Gasteiger partial charge in [0.2, 0.25) is 0 Å². The van der Waals surface area contributed by atoms with Gasteiger partial charge in [0.1, 0.15) is 0 Å². The number of unbranched alkanes of at least 4 members (excludes halogenated alkanes) is 1. The molecule has 0 radical (unpaired) electrons. The van der Waals surface area contributed by atoms with Gasteiger partial charge < -0.3 is 0 Å². The molecule has 2 rings (SSSR count). The average Bonchev–Trinajstić information content (AvgIpc) is 2.69. The summed E-state index contributed by atoms with van der Waals surface area (Å²) in [7, 11) is 0. The Balaban J connectivity index is 2.24. The number of hydrogen-bond donors (Lipinski definition) is 0. The van der Waals surface area contributed by atoms with Crippen LogP contribution in [0.4, 0.5) is 0 Å². The second-order valence-corrected chi connectivity index (χ2v) is 7.40. The molecular formula is C14H15ISe. The van der Waals surface area contributed by atoms with Gasteiger partial charge in [-0.25, -0.2) is 0 Å². The molecule has 1 aromatic carbocycles. The van der Waals surface area contributed by atoms with Crippen molar-refractivity contribution >= 4 is 37.1 Å². The van der Waals surface area contributed by atoms with Crippen molar-refractivity contribution in [3.05, 3.63) is 44.4 Å². The molecule has 0 nitrogen and oxygen atoms in total. The quantitative estimate of drug-likeness (QED) is 0.539. The normalized spacial score (nSPS) is 10.6. The van der Waals surface area contributed by atoms with E-state index < -0.39 is 0 Å². The van der Waals surface area contributed by atoms with Gasteiger partial charge in [-0.3, -0.25) is 0 Å². The molecule has 0 fully saturated rings. The van der Waals surface area contributed by atoms with Gasteiger partial charge in [0, 0.05) is 0 Å². The zero-order valence-electron chi connectivity index (χ0n) is 9.37. The van der Waals surface area contributed by atoms with Crippen molar-refractivity contribution in [2.75, 3.05) is 0 Å². The van der Waals surface area contributed by atoms with Gasteiger partial charge in [0.25, 0.3) is 0 Å². The summed E-state index contributed by atoms with van der Waals surface area (Å²) in [5.74, 6) is 0. The van der Waals surface area contributed by atoms with Crippen LogP contribution in [-0.4, -0.2) is 14.5 Å². The molecule has 0 aliphatic carbocycles. The summed E-state index contributed by atoms with van der Waals surface area (Å²) in [6.07, 6.45) is 3.92. The van der Waals surface area contributed by atoms with Crippen molar-refractivity contribution in [1.29, 1.82) is 0 Å². The second-order valence-electron chi connectivity index (χ2n) is 3.85. The third-order valence-corrected chi connectivity index (χ3v) is 6.97. The van der Waals surface area contributed by atoms with Gasteiger partial charge in [0.05, 0.1) is 0 Å². The van der Waals surface area contributed by atoms with Crippen LogP contribution in [-0.2, 0) is 6.42 Å². The van der Waals surface area contributed by atoms with Crippen molar-refractivity contribution in [2.45, 2.75) is 26.2 Å². The van der Waals surface area contributed by atoms with Crippen LogP contribution in [0.5, 0.6) is 0 Å². The number of benzene rings is 1. The van der Waals surface area contributed by atoms with Crippen molar-refractivity contribution in [2.24, 2.45) is 0 Å². The molecule has 16 heavy (non-hydrogen) atoms. The van der Waals surface area contributed by atoms with Gasteiger partial charge in [-0.1, -0.05) is 0 Å². The average molecular weight is 389 g/mol. The SMILES string of the molecule is CCCCc1[se]c(-c2ccccc2)cc1I. The second kappa shape index (κ2) is 6.04. The van der Waals surface area contributed by atoms with E-state index in [0.717, 1.165) is 0 Å². The van der Waals surface area contributed by atoms with E-state index in [1.165, 1.54) is 28.4 Å².